The molecule has 0 aromatic heterocycles. The van der Waals surface area contributed by atoms with Gasteiger partial charge in [-0.3, -0.25) is 0 Å². The molecule has 0 aliphatic heterocycles. The molecule has 2 unspecified atom stereocenters. The van der Waals surface area contributed by atoms with Gasteiger partial charge in [-0.05, 0) is 27.8 Å². The SMILES string of the molecule is [CH3-].[Cl][Ru+3].[NH-]C(c1ccccc1)C([N-]S(=O)(=O)Cc1c(-c2ccccc2)cccc1-c1ccccc1)c1ccccc1. The first kappa shape index (κ1) is 32.4. The van der Waals surface area contributed by atoms with Gasteiger partial charge in [0.1, 0.15) is 0 Å². The minimum Gasteiger partial charge on any atom is -0.672 e. The molecule has 5 aromatic carbocycles. The molecule has 5 aromatic rings. The Kier molecular flexibility index (Phi) is 12.5. The van der Waals surface area contributed by atoms with Crippen molar-refractivity contribution in [1.29, 1.82) is 0 Å². The van der Waals surface area contributed by atoms with Crippen molar-refractivity contribution < 1.29 is 25.7 Å². The van der Waals surface area contributed by atoms with Gasteiger partial charge in [0.15, 0.2) is 0 Å². The number of nitrogens with zero attached hydrogens (tertiary/aromatic N) is 1. The maximum absolute atomic E-state index is 13.8. The van der Waals surface area contributed by atoms with Crippen LogP contribution in [0.25, 0.3) is 32.7 Å². The predicted octanol–water partition coefficient (Wildman–Crippen LogP) is 9.90. The molecule has 0 saturated carbocycles. The third-order valence-corrected chi connectivity index (χ3v) is 7.76. The summed E-state index contributed by atoms with van der Waals surface area (Å²) in [4.78, 5) is 0. The number of benzene rings is 5. The Hall–Kier alpha value is -3.12. The Morgan fingerprint density at radius 2 is 1.00 bits per heavy atom. The third-order valence-electron chi connectivity index (χ3n) is 6.56. The van der Waals surface area contributed by atoms with E-state index >= 15 is 0 Å². The first-order chi connectivity index (χ1) is 19.5. The summed E-state index contributed by atoms with van der Waals surface area (Å²) < 4.78 is 32.1. The average molecular weight is 668 g/mol. The van der Waals surface area contributed by atoms with Crippen LogP contribution in [-0.2, 0) is 33.1 Å². The van der Waals surface area contributed by atoms with Crippen molar-refractivity contribution in [3.8, 4) is 22.3 Å². The first-order valence-electron chi connectivity index (χ1n) is 12.6. The first-order valence-corrected chi connectivity index (χ1v) is 16.5. The van der Waals surface area contributed by atoms with Gasteiger partial charge in [0.2, 0.25) is 0 Å². The molecular weight excluding hydrogens is 637 g/mol. The zero-order valence-corrected chi connectivity index (χ0v) is 25.9. The van der Waals surface area contributed by atoms with E-state index in [4.69, 9.17) is 5.73 Å². The van der Waals surface area contributed by atoms with Crippen LogP contribution in [0.1, 0.15) is 28.8 Å². The number of halogens is 1. The molecule has 5 rings (SSSR count). The summed E-state index contributed by atoms with van der Waals surface area (Å²) >= 11 is 1.82. The summed E-state index contributed by atoms with van der Waals surface area (Å²) in [5, 5.41) is 0. The minimum absolute atomic E-state index is 0. The largest absolute Gasteiger partial charge is 0.672 e. The molecule has 2 atom stereocenters. The second-order valence-electron chi connectivity index (χ2n) is 9.14. The Balaban J connectivity index is 0.00000151. The smallest absolute Gasteiger partial charge is 0.0768 e. The second kappa shape index (κ2) is 15.8. The predicted molar refractivity (Wildman–Crippen MR) is 168 cm³/mol. The van der Waals surface area contributed by atoms with Crippen LogP contribution in [0, 0.1) is 7.43 Å². The zero-order chi connectivity index (χ0) is 28.4. The Morgan fingerprint density at radius 1 is 0.610 bits per heavy atom. The molecular formula is C34H31ClN2O2RuS. The van der Waals surface area contributed by atoms with Crippen LogP contribution in [-0.4, -0.2) is 8.42 Å². The van der Waals surface area contributed by atoms with E-state index in [1.165, 1.54) is 0 Å². The number of rotatable bonds is 9. The van der Waals surface area contributed by atoms with Crippen LogP contribution in [0.5, 0.6) is 0 Å². The molecule has 0 aliphatic carbocycles. The van der Waals surface area contributed by atoms with Gasteiger partial charge in [-0.1, -0.05) is 151 Å². The van der Waals surface area contributed by atoms with Gasteiger partial charge >= 0.3 is 27.0 Å². The van der Waals surface area contributed by atoms with E-state index in [9.17, 15) is 8.42 Å². The quantitative estimate of drug-likeness (QED) is 0.116. The van der Waals surface area contributed by atoms with Crippen molar-refractivity contribution in [3.63, 3.8) is 0 Å². The number of nitrogens with one attached hydrogen (secondary N) is 1. The molecule has 41 heavy (non-hydrogen) atoms. The average Bonchev–Trinajstić information content (AvgIpc) is 3.02. The molecule has 0 radical (unpaired) electrons. The van der Waals surface area contributed by atoms with Crippen molar-refractivity contribution >= 4 is 19.7 Å². The van der Waals surface area contributed by atoms with Crippen molar-refractivity contribution in [2.24, 2.45) is 0 Å². The van der Waals surface area contributed by atoms with E-state index in [2.05, 4.69) is 14.4 Å². The van der Waals surface area contributed by atoms with E-state index < -0.39 is 22.1 Å². The number of sulfonamides is 1. The van der Waals surface area contributed by atoms with E-state index in [1.807, 2.05) is 157 Å². The van der Waals surface area contributed by atoms with Crippen molar-refractivity contribution in [3.05, 3.63) is 174 Å². The zero-order valence-electron chi connectivity index (χ0n) is 22.5. The van der Waals surface area contributed by atoms with E-state index in [0.717, 1.165) is 27.8 Å². The molecule has 0 bridgehead atoms. The van der Waals surface area contributed by atoms with E-state index in [-0.39, 0.29) is 13.2 Å². The molecule has 0 spiro atoms. The standard InChI is InChI=1S/C33H28N2O2S.CH3.ClH.Ru/c34-32(27-18-9-3-10-19-27)33(28-20-11-4-12-21-28)35-38(36,37)24-31-29(25-14-5-1-6-15-25)22-13-23-30(31)26-16-7-2-8-17-26;;;/h1-23,32-34H,24H2;1H3;1H;/q-2;-1;;+4/p-1. The van der Waals surface area contributed by atoms with Crippen molar-refractivity contribution in [2.45, 2.75) is 17.8 Å². The second-order valence-corrected chi connectivity index (χ2v) is 10.8. The van der Waals surface area contributed by atoms with Gasteiger partial charge in [-0.15, -0.1) is 12.1 Å². The molecule has 0 saturated heterocycles. The summed E-state index contributed by atoms with van der Waals surface area (Å²) in [7, 11) is 0.578. The van der Waals surface area contributed by atoms with Gasteiger partial charge in [0, 0.05) is 0 Å². The molecule has 0 heterocycles. The number of hydrogen-bond donors (Lipinski definition) is 0. The van der Waals surface area contributed by atoms with Crippen LogP contribution < -0.4 is 0 Å². The molecule has 210 valence electrons. The molecule has 4 nitrogen and oxygen atoms in total. The van der Waals surface area contributed by atoms with Gasteiger partial charge < -0.3 is 17.9 Å². The molecule has 7 heteroatoms. The fourth-order valence-electron chi connectivity index (χ4n) is 4.72. The Morgan fingerprint density at radius 3 is 1.44 bits per heavy atom. The molecule has 0 aliphatic rings. The fourth-order valence-corrected chi connectivity index (χ4v) is 6.06. The Bertz CT molecular complexity index is 1530. The minimum atomic E-state index is -3.99. The van der Waals surface area contributed by atoms with Crippen molar-refractivity contribution in [2.75, 3.05) is 0 Å². The van der Waals surface area contributed by atoms with Crippen LogP contribution in [0.4, 0.5) is 0 Å². The van der Waals surface area contributed by atoms with Crippen LogP contribution in [0.15, 0.2) is 140 Å². The topological polar surface area (TPSA) is 72.0 Å². The maximum atomic E-state index is 13.8. The summed E-state index contributed by atoms with van der Waals surface area (Å²) in [5.74, 6) is -0.271. The molecule has 0 amide bonds. The number of hydrogen-bond acceptors (Lipinski definition) is 2. The summed E-state index contributed by atoms with van der Waals surface area (Å²) in [5.41, 5.74) is 14.7. The van der Waals surface area contributed by atoms with Gasteiger partial charge in [-0.2, -0.15) is 0 Å². The summed E-state index contributed by atoms with van der Waals surface area (Å²) in [6.45, 7) is 0. The summed E-state index contributed by atoms with van der Waals surface area (Å²) in [6, 6.07) is 42.3. The Labute approximate surface area is 258 Å². The van der Waals surface area contributed by atoms with Crippen LogP contribution >= 0.6 is 9.69 Å². The summed E-state index contributed by atoms with van der Waals surface area (Å²) in [6.07, 6.45) is 0. The van der Waals surface area contributed by atoms with E-state index in [1.54, 1.807) is 0 Å². The third kappa shape index (κ3) is 8.45. The molecule has 1 N–H and O–H groups in total. The molecule has 0 fully saturated rings. The van der Waals surface area contributed by atoms with Crippen LogP contribution in [0.2, 0.25) is 0 Å². The monoisotopic (exact) mass is 668 g/mol. The van der Waals surface area contributed by atoms with E-state index in [0.29, 0.717) is 11.1 Å². The van der Waals surface area contributed by atoms with Gasteiger partial charge in [0.25, 0.3) is 0 Å². The van der Waals surface area contributed by atoms with Gasteiger partial charge in [0.05, 0.1) is 15.8 Å². The van der Waals surface area contributed by atoms with Crippen molar-refractivity contribution in [1.82, 2.24) is 0 Å². The van der Waals surface area contributed by atoms with Crippen LogP contribution in [0.3, 0.4) is 0 Å². The fraction of sp³-hybridized carbons (Fsp3) is 0.0882. The van der Waals surface area contributed by atoms with Gasteiger partial charge in [-0.25, -0.2) is 8.42 Å². The maximum Gasteiger partial charge on any atom is 0.0768 e. The normalized spacial score (nSPS) is 12.2.